The maximum atomic E-state index is 11.0. The number of aromatic nitrogens is 2. The van der Waals surface area contributed by atoms with E-state index in [1.807, 2.05) is 4.98 Å². The average molecular weight is 223 g/mol. The second kappa shape index (κ2) is 3.50. The van der Waals surface area contributed by atoms with E-state index in [0.717, 1.165) is 12.1 Å². The summed E-state index contributed by atoms with van der Waals surface area (Å²) >= 11 is 0. The van der Waals surface area contributed by atoms with Crippen molar-refractivity contribution in [2.75, 3.05) is 0 Å². The van der Waals surface area contributed by atoms with Crippen molar-refractivity contribution in [2.24, 2.45) is 0 Å². The molecule has 0 amide bonds. The van der Waals surface area contributed by atoms with Gasteiger partial charge in [0.2, 0.25) is 0 Å². The second-order valence-electron chi connectivity index (χ2n) is 2.90. The molecule has 0 aliphatic carbocycles. The third kappa shape index (κ3) is 1.75. The minimum Gasteiger partial charge on any atom is -0.399 e. The number of H-pyrrole nitrogens is 2. The summed E-state index contributed by atoms with van der Waals surface area (Å²) in [5.74, 6) is -0.411. The topological polar surface area (TPSA) is 122 Å². The van der Waals surface area contributed by atoms with Gasteiger partial charge in [-0.15, -0.1) is 0 Å². The molecule has 0 unspecified atom stereocenters. The number of hydrogen-bond donors (Lipinski definition) is 2. The van der Waals surface area contributed by atoms with Gasteiger partial charge < -0.3 is 9.40 Å². The van der Waals surface area contributed by atoms with E-state index in [2.05, 4.69) is 4.98 Å². The van der Waals surface area contributed by atoms with Gasteiger partial charge in [-0.1, -0.05) is 0 Å². The molecule has 2 aromatic rings. The summed E-state index contributed by atoms with van der Waals surface area (Å²) in [6.07, 6.45) is 0. The minimum absolute atomic E-state index is 0.0508. The van der Waals surface area contributed by atoms with Crippen LogP contribution in [0.5, 0.6) is 0 Å². The molecule has 8 nitrogen and oxygen atoms in total. The second-order valence-corrected chi connectivity index (χ2v) is 2.90. The van der Waals surface area contributed by atoms with Crippen molar-refractivity contribution < 1.29 is 9.34 Å². The van der Waals surface area contributed by atoms with Crippen LogP contribution in [0, 0.1) is 10.1 Å². The molecular weight excluding hydrogens is 218 g/mol. The predicted molar refractivity (Wildman–Crippen MR) is 52.0 cm³/mol. The molecule has 0 spiro atoms. The molecule has 82 valence electrons. The first-order valence-electron chi connectivity index (χ1n) is 4.14. The number of hydrogen-bond acceptors (Lipinski definition) is 5. The molecule has 0 fully saturated rings. The van der Waals surface area contributed by atoms with Crippen LogP contribution in [0.15, 0.2) is 32.2 Å². The Kier molecular flexibility index (Phi) is 2.16. The molecule has 0 radical (unpaired) electrons. The summed E-state index contributed by atoms with van der Waals surface area (Å²) in [5.41, 5.74) is -1.23. The van der Waals surface area contributed by atoms with Crippen LogP contribution in [0.25, 0.3) is 11.5 Å². The van der Waals surface area contributed by atoms with Crippen molar-refractivity contribution in [3.05, 3.63) is 49.2 Å². The van der Waals surface area contributed by atoms with E-state index in [4.69, 9.17) is 4.42 Å². The molecule has 0 atom stereocenters. The average Bonchev–Trinajstić information content (AvgIpc) is 2.64. The fourth-order valence-corrected chi connectivity index (χ4v) is 1.17. The third-order valence-corrected chi connectivity index (χ3v) is 1.80. The Balaban J connectivity index is 2.54. The molecule has 0 aromatic carbocycles. The van der Waals surface area contributed by atoms with Crippen LogP contribution < -0.4 is 11.2 Å². The van der Waals surface area contributed by atoms with Gasteiger partial charge >= 0.3 is 11.6 Å². The smallest absolute Gasteiger partial charge is 0.399 e. The van der Waals surface area contributed by atoms with E-state index in [9.17, 15) is 19.7 Å². The number of furan rings is 1. The Morgan fingerprint density at radius 1 is 1.25 bits per heavy atom. The maximum Gasteiger partial charge on any atom is 0.433 e. The number of nitro groups is 1. The Morgan fingerprint density at radius 2 is 2.00 bits per heavy atom. The molecular formula is C8H5N3O5. The van der Waals surface area contributed by atoms with Crippen LogP contribution in [-0.2, 0) is 0 Å². The third-order valence-electron chi connectivity index (χ3n) is 1.80. The fourth-order valence-electron chi connectivity index (χ4n) is 1.17. The Morgan fingerprint density at radius 3 is 2.56 bits per heavy atom. The van der Waals surface area contributed by atoms with Crippen molar-refractivity contribution in [1.29, 1.82) is 0 Å². The molecule has 2 N–H and O–H groups in total. The highest BCUT2D eigenvalue weighted by Gasteiger charge is 2.13. The Hall–Kier alpha value is -2.64. The van der Waals surface area contributed by atoms with Crippen molar-refractivity contribution in [1.82, 2.24) is 9.97 Å². The van der Waals surface area contributed by atoms with Gasteiger partial charge in [-0.05, 0) is 6.07 Å². The Labute approximate surface area is 86.7 Å². The summed E-state index contributed by atoms with van der Waals surface area (Å²) in [6.45, 7) is 0. The summed E-state index contributed by atoms with van der Waals surface area (Å²) in [4.78, 5) is 35.8. The van der Waals surface area contributed by atoms with E-state index in [1.54, 1.807) is 0 Å². The van der Waals surface area contributed by atoms with Gasteiger partial charge in [-0.25, -0.2) is 4.79 Å². The van der Waals surface area contributed by atoms with E-state index in [1.165, 1.54) is 6.07 Å². The monoisotopic (exact) mass is 223 g/mol. The lowest BCUT2D eigenvalue weighted by molar-refractivity contribution is -0.401. The SMILES string of the molecule is O=c1cc(-c2ccc([N+](=O)[O-])o2)[nH]c(=O)[nH]1. The lowest BCUT2D eigenvalue weighted by Gasteiger charge is -1.93. The lowest BCUT2D eigenvalue weighted by atomic mass is 10.3. The van der Waals surface area contributed by atoms with E-state index in [-0.39, 0.29) is 11.5 Å². The Bertz CT molecular complexity index is 622. The minimum atomic E-state index is -0.714. The molecule has 2 aromatic heterocycles. The van der Waals surface area contributed by atoms with Crippen LogP contribution in [0.1, 0.15) is 0 Å². The molecule has 0 bridgehead atoms. The van der Waals surface area contributed by atoms with Gasteiger partial charge in [0.25, 0.3) is 5.56 Å². The maximum absolute atomic E-state index is 11.0. The van der Waals surface area contributed by atoms with E-state index in [0.29, 0.717) is 0 Å². The van der Waals surface area contributed by atoms with Gasteiger partial charge in [-0.3, -0.25) is 19.9 Å². The van der Waals surface area contributed by atoms with Gasteiger partial charge in [0.15, 0.2) is 5.76 Å². The number of aromatic amines is 2. The fraction of sp³-hybridized carbons (Fsp3) is 0. The van der Waals surface area contributed by atoms with Crippen LogP contribution in [0.2, 0.25) is 0 Å². The molecule has 2 rings (SSSR count). The molecule has 0 saturated heterocycles. The zero-order valence-corrected chi connectivity index (χ0v) is 7.72. The van der Waals surface area contributed by atoms with Gasteiger partial charge in [0.05, 0.1) is 11.8 Å². The summed E-state index contributed by atoms with van der Waals surface area (Å²) in [7, 11) is 0. The van der Waals surface area contributed by atoms with Crippen molar-refractivity contribution in [3.8, 4) is 11.5 Å². The zero-order valence-electron chi connectivity index (χ0n) is 7.72. The van der Waals surface area contributed by atoms with Crippen LogP contribution in [0.4, 0.5) is 5.88 Å². The van der Waals surface area contributed by atoms with Crippen LogP contribution in [0.3, 0.4) is 0 Å². The highest BCUT2D eigenvalue weighted by atomic mass is 16.6. The largest absolute Gasteiger partial charge is 0.433 e. The van der Waals surface area contributed by atoms with Gasteiger partial charge in [0, 0.05) is 6.07 Å². The molecule has 0 aliphatic rings. The quantitative estimate of drug-likeness (QED) is 0.557. The summed E-state index contributed by atoms with van der Waals surface area (Å²) < 4.78 is 4.82. The van der Waals surface area contributed by atoms with Crippen molar-refractivity contribution >= 4 is 5.88 Å². The first-order valence-corrected chi connectivity index (χ1v) is 4.14. The van der Waals surface area contributed by atoms with E-state index < -0.39 is 22.1 Å². The van der Waals surface area contributed by atoms with Crippen LogP contribution >= 0.6 is 0 Å². The molecule has 16 heavy (non-hydrogen) atoms. The highest BCUT2D eigenvalue weighted by molar-refractivity contribution is 5.52. The normalized spacial score (nSPS) is 10.2. The van der Waals surface area contributed by atoms with Crippen molar-refractivity contribution in [3.63, 3.8) is 0 Å². The highest BCUT2D eigenvalue weighted by Crippen LogP contribution is 2.22. The van der Waals surface area contributed by atoms with E-state index >= 15 is 0 Å². The van der Waals surface area contributed by atoms with Gasteiger partial charge in [-0.2, -0.15) is 0 Å². The molecule has 8 heteroatoms. The molecule has 2 heterocycles. The van der Waals surface area contributed by atoms with Gasteiger partial charge in [0.1, 0.15) is 4.92 Å². The number of nitrogens with zero attached hydrogens (tertiary/aromatic N) is 1. The number of rotatable bonds is 2. The number of nitrogens with one attached hydrogen (secondary N) is 2. The summed E-state index contributed by atoms with van der Waals surface area (Å²) in [6, 6.07) is 3.50. The van der Waals surface area contributed by atoms with Crippen molar-refractivity contribution in [2.45, 2.75) is 0 Å². The first-order chi connectivity index (χ1) is 7.56. The standard InChI is InChI=1S/C8H5N3O5/c12-6-3-4(9-8(13)10-6)5-1-2-7(16-5)11(14)15/h1-3H,(H2,9,10,12,13). The van der Waals surface area contributed by atoms with Crippen LogP contribution in [-0.4, -0.2) is 14.9 Å². The predicted octanol–water partition coefficient (Wildman–Crippen LogP) is 0.231. The molecule has 0 aliphatic heterocycles. The zero-order chi connectivity index (χ0) is 11.7. The molecule has 0 saturated carbocycles. The lowest BCUT2D eigenvalue weighted by Crippen LogP contribution is -2.21. The summed E-state index contributed by atoms with van der Waals surface area (Å²) in [5, 5.41) is 10.4. The first kappa shape index (κ1) is 9.90.